The second kappa shape index (κ2) is 9.25. The molecule has 9 heteroatoms. The minimum Gasteiger partial charge on any atom is -0.457 e. The van der Waals surface area contributed by atoms with Crippen LogP contribution in [-0.2, 0) is 26.1 Å². The zero-order chi connectivity index (χ0) is 21.0. The van der Waals surface area contributed by atoms with Gasteiger partial charge in [0.2, 0.25) is 10.0 Å². The maximum Gasteiger partial charge on any atom is 0.340 e. The van der Waals surface area contributed by atoms with Crippen LogP contribution in [0.4, 0.5) is 5.69 Å². The summed E-state index contributed by atoms with van der Waals surface area (Å²) in [5.74, 6) is -0.565. The number of carbonyl (C=O) groups excluding carboxylic acids is 1. The molecule has 0 radical (unpaired) electrons. The van der Waals surface area contributed by atoms with Gasteiger partial charge in [-0.25, -0.2) is 17.5 Å². The van der Waals surface area contributed by atoms with Crippen LogP contribution in [0.3, 0.4) is 0 Å². The van der Waals surface area contributed by atoms with Crippen molar-refractivity contribution < 1.29 is 22.7 Å². The van der Waals surface area contributed by atoms with Crippen LogP contribution in [-0.4, -0.2) is 59.1 Å². The molecule has 0 N–H and O–H groups in total. The van der Waals surface area contributed by atoms with Gasteiger partial charge < -0.3 is 14.4 Å². The molecule has 0 aromatic heterocycles. The van der Waals surface area contributed by atoms with E-state index < -0.39 is 16.0 Å². The quantitative estimate of drug-likeness (QED) is 0.589. The normalized spacial score (nSPS) is 14.8. The molecule has 0 unspecified atom stereocenters. The Morgan fingerprint density at radius 3 is 2.41 bits per heavy atom. The van der Waals surface area contributed by atoms with Gasteiger partial charge in [0.15, 0.2) is 0 Å². The van der Waals surface area contributed by atoms with E-state index in [1.807, 2.05) is 29.2 Å². The highest BCUT2D eigenvalue weighted by Crippen LogP contribution is 2.27. The maximum absolute atomic E-state index is 12.9. The zero-order valence-electron chi connectivity index (χ0n) is 16.3. The molecule has 29 heavy (non-hydrogen) atoms. The van der Waals surface area contributed by atoms with Crippen molar-refractivity contribution in [2.45, 2.75) is 11.5 Å². The number of hydrogen-bond donors (Lipinski definition) is 0. The lowest BCUT2D eigenvalue weighted by molar-refractivity contribution is 0.0472. The summed E-state index contributed by atoms with van der Waals surface area (Å²) in [5, 5.41) is 0. The van der Waals surface area contributed by atoms with Crippen molar-refractivity contribution >= 4 is 37.6 Å². The standard InChI is InChI=1S/C20H23BrN2O5S/c1-22(2)29(25,26)17-7-8-19(23-9-11-27-12-10-23)18(13-17)20(24)28-14-15-3-5-16(21)6-4-15/h3-8,13H,9-12,14H2,1-2H3. The van der Waals surface area contributed by atoms with E-state index in [4.69, 9.17) is 9.47 Å². The van der Waals surface area contributed by atoms with E-state index in [-0.39, 0.29) is 17.1 Å². The number of halogens is 1. The predicted octanol–water partition coefficient (Wildman–Crippen LogP) is 2.89. The van der Waals surface area contributed by atoms with Crippen LogP contribution in [0, 0.1) is 0 Å². The Morgan fingerprint density at radius 2 is 1.79 bits per heavy atom. The predicted molar refractivity (Wildman–Crippen MR) is 114 cm³/mol. The number of sulfonamides is 1. The first-order chi connectivity index (χ1) is 13.8. The van der Waals surface area contributed by atoms with E-state index in [2.05, 4.69) is 15.9 Å². The number of rotatable bonds is 6. The van der Waals surface area contributed by atoms with Gasteiger partial charge >= 0.3 is 5.97 Å². The maximum atomic E-state index is 12.9. The van der Waals surface area contributed by atoms with Crippen molar-refractivity contribution in [2.24, 2.45) is 0 Å². The third-order valence-electron chi connectivity index (χ3n) is 4.60. The number of benzene rings is 2. The highest BCUT2D eigenvalue weighted by atomic mass is 79.9. The van der Waals surface area contributed by atoms with Gasteiger partial charge in [0, 0.05) is 31.7 Å². The molecular weight excluding hydrogens is 460 g/mol. The van der Waals surface area contributed by atoms with E-state index in [9.17, 15) is 13.2 Å². The van der Waals surface area contributed by atoms with Crippen LogP contribution in [0.25, 0.3) is 0 Å². The Balaban J connectivity index is 1.91. The average Bonchev–Trinajstić information content (AvgIpc) is 2.73. The number of anilines is 1. The minimum atomic E-state index is -3.68. The molecule has 0 bridgehead atoms. The lowest BCUT2D eigenvalue weighted by Gasteiger charge is -2.30. The van der Waals surface area contributed by atoms with Crippen LogP contribution in [0.5, 0.6) is 0 Å². The first-order valence-corrected chi connectivity index (χ1v) is 11.3. The fourth-order valence-electron chi connectivity index (χ4n) is 2.94. The molecule has 2 aromatic rings. The molecule has 2 aromatic carbocycles. The summed E-state index contributed by atoms with van der Waals surface area (Å²) in [6, 6.07) is 12.0. The fraction of sp³-hybridized carbons (Fsp3) is 0.350. The van der Waals surface area contributed by atoms with Crippen LogP contribution in [0.2, 0.25) is 0 Å². The summed E-state index contributed by atoms with van der Waals surface area (Å²) in [4.78, 5) is 15.0. The zero-order valence-corrected chi connectivity index (χ0v) is 18.7. The molecule has 156 valence electrons. The fourth-order valence-corrected chi connectivity index (χ4v) is 4.13. The lowest BCUT2D eigenvalue weighted by atomic mass is 10.1. The highest BCUT2D eigenvalue weighted by Gasteiger charge is 2.25. The molecule has 3 rings (SSSR count). The van der Waals surface area contributed by atoms with Gasteiger partial charge in [-0.2, -0.15) is 0 Å². The largest absolute Gasteiger partial charge is 0.457 e. The molecule has 1 aliphatic heterocycles. The Labute approximate surface area is 179 Å². The number of carbonyl (C=O) groups is 1. The van der Waals surface area contributed by atoms with Crippen LogP contribution >= 0.6 is 15.9 Å². The summed E-state index contributed by atoms with van der Waals surface area (Å²) in [5.41, 5.74) is 1.71. The van der Waals surface area contributed by atoms with Crippen molar-refractivity contribution in [3.05, 3.63) is 58.1 Å². The van der Waals surface area contributed by atoms with Crippen LogP contribution in [0.1, 0.15) is 15.9 Å². The summed E-state index contributed by atoms with van der Waals surface area (Å²) in [6.07, 6.45) is 0. The van der Waals surface area contributed by atoms with Gasteiger partial charge in [-0.1, -0.05) is 28.1 Å². The number of hydrogen-bond acceptors (Lipinski definition) is 6. The second-order valence-corrected chi connectivity index (χ2v) is 9.84. The number of ether oxygens (including phenoxy) is 2. The van der Waals surface area contributed by atoms with E-state index in [1.165, 1.54) is 26.2 Å². The SMILES string of the molecule is CN(C)S(=O)(=O)c1ccc(N2CCOCC2)c(C(=O)OCc2ccc(Br)cc2)c1. The monoisotopic (exact) mass is 482 g/mol. The molecule has 7 nitrogen and oxygen atoms in total. The van der Waals surface area contributed by atoms with Gasteiger partial charge in [-0.05, 0) is 35.9 Å². The minimum absolute atomic E-state index is 0.0510. The summed E-state index contributed by atoms with van der Waals surface area (Å²) >= 11 is 3.37. The van der Waals surface area contributed by atoms with Crippen molar-refractivity contribution in [3.8, 4) is 0 Å². The van der Waals surface area contributed by atoms with Crippen molar-refractivity contribution in [3.63, 3.8) is 0 Å². The molecule has 0 saturated carbocycles. The molecule has 0 atom stereocenters. The average molecular weight is 483 g/mol. The molecule has 1 saturated heterocycles. The third-order valence-corrected chi connectivity index (χ3v) is 6.94. The molecule has 0 aliphatic carbocycles. The van der Waals surface area contributed by atoms with Gasteiger partial charge in [0.25, 0.3) is 0 Å². The molecule has 0 amide bonds. The van der Waals surface area contributed by atoms with Gasteiger partial charge in [-0.15, -0.1) is 0 Å². The van der Waals surface area contributed by atoms with Crippen molar-refractivity contribution in [1.29, 1.82) is 0 Å². The number of morpholine rings is 1. The van der Waals surface area contributed by atoms with E-state index in [0.29, 0.717) is 32.0 Å². The topological polar surface area (TPSA) is 76.2 Å². The molecular formula is C20H23BrN2O5S. The van der Waals surface area contributed by atoms with E-state index >= 15 is 0 Å². The van der Waals surface area contributed by atoms with E-state index in [1.54, 1.807) is 6.07 Å². The van der Waals surface area contributed by atoms with Gasteiger partial charge in [0.05, 0.1) is 29.4 Å². The Kier molecular flexibility index (Phi) is 6.94. The summed E-state index contributed by atoms with van der Waals surface area (Å²) in [6.45, 7) is 2.43. The Bertz CT molecular complexity index is 971. The summed E-state index contributed by atoms with van der Waals surface area (Å²) in [7, 11) is -0.765. The smallest absolute Gasteiger partial charge is 0.340 e. The van der Waals surface area contributed by atoms with Gasteiger partial charge in [-0.3, -0.25) is 0 Å². The van der Waals surface area contributed by atoms with Crippen LogP contribution < -0.4 is 4.90 Å². The summed E-state index contributed by atoms with van der Waals surface area (Å²) < 4.78 is 38.0. The Morgan fingerprint density at radius 1 is 1.14 bits per heavy atom. The third kappa shape index (κ3) is 5.16. The molecule has 1 fully saturated rings. The molecule has 1 aliphatic rings. The first kappa shape index (κ1) is 21.8. The van der Waals surface area contributed by atoms with Crippen molar-refractivity contribution in [2.75, 3.05) is 45.3 Å². The molecule has 0 spiro atoms. The first-order valence-electron chi connectivity index (χ1n) is 9.10. The van der Waals surface area contributed by atoms with Crippen molar-refractivity contribution in [1.82, 2.24) is 4.31 Å². The Hall–Kier alpha value is -1.94. The number of nitrogens with zero attached hydrogens (tertiary/aromatic N) is 2. The van der Waals surface area contributed by atoms with E-state index in [0.717, 1.165) is 14.3 Å². The highest BCUT2D eigenvalue weighted by molar-refractivity contribution is 9.10. The second-order valence-electron chi connectivity index (χ2n) is 6.77. The number of esters is 1. The molecule has 1 heterocycles. The van der Waals surface area contributed by atoms with Crippen LogP contribution in [0.15, 0.2) is 51.8 Å². The van der Waals surface area contributed by atoms with Gasteiger partial charge in [0.1, 0.15) is 6.61 Å². The lowest BCUT2D eigenvalue weighted by Crippen LogP contribution is -2.37.